The standard InChI is InChI=1S/C17H15BrFNO/c1-11-4-7-16-12(9-11)3-2-8-20(16)17(21)14-6-5-13(18)10-15(14)19/h4-7,9-10H,2-3,8H2,1H3. The number of amides is 1. The number of nitrogens with zero attached hydrogens (tertiary/aromatic N) is 1. The first-order chi connectivity index (χ1) is 10.1. The summed E-state index contributed by atoms with van der Waals surface area (Å²) in [5.74, 6) is -0.765. The molecule has 4 heteroatoms. The van der Waals surface area contributed by atoms with Crippen LogP contribution in [0.25, 0.3) is 0 Å². The maximum absolute atomic E-state index is 14.0. The maximum Gasteiger partial charge on any atom is 0.261 e. The van der Waals surface area contributed by atoms with E-state index in [1.54, 1.807) is 11.0 Å². The highest BCUT2D eigenvalue weighted by Gasteiger charge is 2.25. The minimum absolute atomic E-state index is 0.117. The Morgan fingerprint density at radius 1 is 1.24 bits per heavy atom. The van der Waals surface area contributed by atoms with E-state index in [2.05, 4.69) is 22.0 Å². The van der Waals surface area contributed by atoms with Gasteiger partial charge in [0.2, 0.25) is 0 Å². The largest absolute Gasteiger partial charge is 0.308 e. The zero-order valence-corrected chi connectivity index (χ0v) is 13.3. The van der Waals surface area contributed by atoms with Gasteiger partial charge in [0.1, 0.15) is 5.82 Å². The number of hydrogen-bond acceptors (Lipinski definition) is 1. The van der Waals surface area contributed by atoms with Crippen molar-refractivity contribution in [3.8, 4) is 0 Å². The third-order valence-corrected chi connectivity index (χ3v) is 4.25. The van der Waals surface area contributed by atoms with E-state index in [4.69, 9.17) is 0 Å². The van der Waals surface area contributed by atoms with E-state index in [-0.39, 0.29) is 11.5 Å². The second kappa shape index (κ2) is 5.60. The molecule has 1 aliphatic heterocycles. The highest BCUT2D eigenvalue weighted by Crippen LogP contribution is 2.30. The highest BCUT2D eigenvalue weighted by molar-refractivity contribution is 9.10. The topological polar surface area (TPSA) is 20.3 Å². The normalized spacial score (nSPS) is 14.0. The molecule has 0 radical (unpaired) electrons. The molecule has 0 fully saturated rings. The van der Waals surface area contributed by atoms with Crippen LogP contribution < -0.4 is 4.90 Å². The summed E-state index contributed by atoms with van der Waals surface area (Å²) in [6.45, 7) is 2.67. The van der Waals surface area contributed by atoms with Gasteiger partial charge in [0, 0.05) is 16.7 Å². The zero-order valence-electron chi connectivity index (χ0n) is 11.7. The van der Waals surface area contributed by atoms with Crippen LogP contribution in [-0.2, 0) is 6.42 Å². The Kier molecular flexibility index (Phi) is 3.81. The van der Waals surface area contributed by atoms with Crippen molar-refractivity contribution in [3.63, 3.8) is 0 Å². The van der Waals surface area contributed by atoms with Gasteiger partial charge in [0.05, 0.1) is 5.56 Å². The first kappa shape index (κ1) is 14.3. The van der Waals surface area contributed by atoms with Crippen molar-refractivity contribution < 1.29 is 9.18 Å². The first-order valence-electron chi connectivity index (χ1n) is 6.93. The molecule has 0 spiro atoms. The van der Waals surface area contributed by atoms with E-state index in [0.29, 0.717) is 11.0 Å². The van der Waals surface area contributed by atoms with Crippen LogP contribution >= 0.6 is 15.9 Å². The molecule has 0 aliphatic carbocycles. The molecule has 2 nitrogen and oxygen atoms in total. The minimum Gasteiger partial charge on any atom is -0.308 e. The molecule has 21 heavy (non-hydrogen) atoms. The molecule has 1 aliphatic rings. The summed E-state index contributed by atoms with van der Waals surface area (Å²) in [5, 5.41) is 0. The van der Waals surface area contributed by atoms with Gasteiger partial charge in [0.25, 0.3) is 5.91 Å². The lowest BCUT2D eigenvalue weighted by molar-refractivity contribution is 0.0981. The van der Waals surface area contributed by atoms with Crippen LogP contribution in [0, 0.1) is 12.7 Å². The Morgan fingerprint density at radius 2 is 2.05 bits per heavy atom. The summed E-state index contributed by atoms with van der Waals surface area (Å²) in [4.78, 5) is 14.3. The zero-order chi connectivity index (χ0) is 15.0. The molecule has 2 aromatic carbocycles. The molecule has 0 N–H and O–H groups in total. The molecular formula is C17H15BrFNO. The predicted molar refractivity (Wildman–Crippen MR) is 85.3 cm³/mol. The Morgan fingerprint density at radius 3 is 2.81 bits per heavy atom. The van der Waals surface area contributed by atoms with E-state index >= 15 is 0 Å². The van der Waals surface area contributed by atoms with E-state index in [1.807, 2.05) is 19.1 Å². The van der Waals surface area contributed by atoms with Crippen molar-refractivity contribution >= 4 is 27.5 Å². The summed E-state index contributed by atoms with van der Waals surface area (Å²) in [5.41, 5.74) is 3.36. The van der Waals surface area contributed by atoms with E-state index in [0.717, 1.165) is 24.1 Å². The number of carbonyl (C=O) groups is 1. The molecule has 0 saturated carbocycles. The Hall–Kier alpha value is -1.68. The van der Waals surface area contributed by atoms with Crippen LogP contribution in [0.5, 0.6) is 0 Å². The van der Waals surface area contributed by atoms with Crippen LogP contribution in [0.3, 0.4) is 0 Å². The fourth-order valence-electron chi connectivity index (χ4n) is 2.75. The number of aryl methyl sites for hydroxylation is 2. The van der Waals surface area contributed by atoms with E-state index < -0.39 is 5.82 Å². The first-order valence-corrected chi connectivity index (χ1v) is 7.72. The van der Waals surface area contributed by atoms with Gasteiger partial charge < -0.3 is 4.90 Å². The maximum atomic E-state index is 14.0. The predicted octanol–water partition coefficient (Wildman–Crippen LogP) is 4.49. The number of anilines is 1. The average molecular weight is 348 g/mol. The van der Waals surface area contributed by atoms with Crippen molar-refractivity contribution in [1.82, 2.24) is 0 Å². The van der Waals surface area contributed by atoms with Gasteiger partial charge >= 0.3 is 0 Å². The lowest BCUT2D eigenvalue weighted by Gasteiger charge is -2.30. The van der Waals surface area contributed by atoms with E-state index in [1.165, 1.54) is 17.7 Å². The molecule has 0 unspecified atom stereocenters. The number of benzene rings is 2. The van der Waals surface area contributed by atoms with Gasteiger partial charge in [-0.05, 0) is 49.6 Å². The molecule has 1 amide bonds. The second-order valence-electron chi connectivity index (χ2n) is 5.32. The number of hydrogen-bond donors (Lipinski definition) is 0. The van der Waals surface area contributed by atoms with Crippen LogP contribution in [0.1, 0.15) is 27.9 Å². The van der Waals surface area contributed by atoms with Gasteiger partial charge in [-0.3, -0.25) is 4.79 Å². The van der Waals surface area contributed by atoms with E-state index in [9.17, 15) is 9.18 Å². The van der Waals surface area contributed by atoms with Crippen molar-refractivity contribution in [2.45, 2.75) is 19.8 Å². The number of fused-ring (bicyclic) bond motifs is 1. The highest BCUT2D eigenvalue weighted by atomic mass is 79.9. The van der Waals surface area contributed by atoms with Crippen molar-refractivity contribution in [1.29, 1.82) is 0 Å². The minimum atomic E-state index is -0.492. The summed E-state index contributed by atoms with van der Waals surface area (Å²) in [6, 6.07) is 10.6. The molecule has 0 bridgehead atoms. The average Bonchev–Trinajstić information content (AvgIpc) is 2.45. The van der Waals surface area contributed by atoms with Crippen LogP contribution in [0.4, 0.5) is 10.1 Å². The van der Waals surface area contributed by atoms with Gasteiger partial charge in [-0.15, -0.1) is 0 Å². The summed E-state index contributed by atoms with van der Waals surface area (Å²) >= 11 is 3.21. The quantitative estimate of drug-likeness (QED) is 0.744. The summed E-state index contributed by atoms with van der Waals surface area (Å²) < 4.78 is 14.6. The number of halogens is 2. The molecular weight excluding hydrogens is 333 g/mol. The van der Waals surface area contributed by atoms with Gasteiger partial charge in [0.15, 0.2) is 0 Å². The van der Waals surface area contributed by atoms with Crippen LogP contribution in [0.2, 0.25) is 0 Å². The third kappa shape index (κ3) is 2.72. The van der Waals surface area contributed by atoms with Gasteiger partial charge in [-0.1, -0.05) is 33.6 Å². The Balaban J connectivity index is 2.00. The molecule has 2 aromatic rings. The lowest BCUT2D eigenvalue weighted by Crippen LogP contribution is -2.36. The monoisotopic (exact) mass is 347 g/mol. The molecule has 0 aromatic heterocycles. The molecule has 108 valence electrons. The Bertz CT molecular complexity index is 714. The molecule has 0 atom stereocenters. The SMILES string of the molecule is Cc1ccc2c(c1)CCCN2C(=O)c1ccc(Br)cc1F. The van der Waals surface area contributed by atoms with Crippen molar-refractivity contribution in [2.24, 2.45) is 0 Å². The number of rotatable bonds is 1. The summed E-state index contributed by atoms with van der Waals surface area (Å²) in [7, 11) is 0. The van der Waals surface area contributed by atoms with Gasteiger partial charge in [-0.2, -0.15) is 0 Å². The smallest absolute Gasteiger partial charge is 0.261 e. The lowest BCUT2D eigenvalue weighted by atomic mass is 9.99. The fourth-order valence-corrected chi connectivity index (χ4v) is 3.08. The third-order valence-electron chi connectivity index (χ3n) is 3.76. The van der Waals surface area contributed by atoms with Crippen LogP contribution in [0.15, 0.2) is 40.9 Å². The van der Waals surface area contributed by atoms with Crippen molar-refractivity contribution in [2.75, 3.05) is 11.4 Å². The van der Waals surface area contributed by atoms with Crippen molar-refractivity contribution in [3.05, 3.63) is 63.4 Å². The molecule has 3 rings (SSSR count). The molecule has 1 heterocycles. The number of carbonyl (C=O) groups excluding carboxylic acids is 1. The second-order valence-corrected chi connectivity index (χ2v) is 6.23. The molecule has 0 saturated heterocycles. The Labute approximate surface area is 131 Å². The summed E-state index contributed by atoms with van der Waals surface area (Å²) in [6.07, 6.45) is 1.87. The fraction of sp³-hybridized carbons (Fsp3) is 0.235. The van der Waals surface area contributed by atoms with Crippen LogP contribution in [-0.4, -0.2) is 12.5 Å². The van der Waals surface area contributed by atoms with Gasteiger partial charge in [-0.25, -0.2) is 4.39 Å².